The molecule has 22 heavy (non-hydrogen) atoms. The summed E-state index contributed by atoms with van der Waals surface area (Å²) in [5, 5.41) is 0. The third-order valence-electron chi connectivity index (χ3n) is 4.09. The SMILES string of the molecule is COC(CN1CCN(c2ncccn2)CC1)c1ccccc1. The minimum Gasteiger partial charge on any atom is -0.375 e. The van der Waals surface area contributed by atoms with Gasteiger partial charge in [-0.25, -0.2) is 9.97 Å². The van der Waals surface area contributed by atoms with Gasteiger partial charge in [0, 0.05) is 52.2 Å². The van der Waals surface area contributed by atoms with Crippen molar-refractivity contribution in [2.75, 3.05) is 44.7 Å². The largest absolute Gasteiger partial charge is 0.375 e. The van der Waals surface area contributed by atoms with E-state index in [4.69, 9.17) is 4.74 Å². The first-order chi connectivity index (χ1) is 10.9. The van der Waals surface area contributed by atoms with E-state index >= 15 is 0 Å². The molecular formula is C17H22N4O. The van der Waals surface area contributed by atoms with Crippen LogP contribution in [-0.4, -0.2) is 54.7 Å². The Morgan fingerprint density at radius 2 is 1.68 bits per heavy atom. The second kappa shape index (κ2) is 7.33. The molecular weight excluding hydrogens is 276 g/mol. The number of rotatable bonds is 5. The first kappa shape index (κ1) is 14.9. The molecule has 0 bridgehead atoms. The molecule has 1 aliphatic heterocycles. The van der Waals surface area contributed by atoms with Crippen molar-refractivity contribution in [3.05, 3.63) is 54.4 Å². The maximum Gasteiger partial charge on any atom is 0.225 e. The lowest BCUT2D eigenvalue weighted by Gasteiger charge is -2.36. The number of piperazine rings is 1. The summed E-state index contributed by atoms with van der Waals surface area (Å²) in [5.74, 6) is 0.827. The molecule has 1 aliphatic rings. The van der Waals surface area contributed by atoms with Gasteiger partial charge in [0.15, 0.2) is 0 Å². The van der Waals surface area contributed by atoms with Crippen molar-refractivity contribution >= 4 is 5.95 Å². The molecule has 1 fully saturated rings. The van der Waals surface area contributed by atoms with Crippen LogP contribution in [0.3, 0.4) is 0 Å². The van der Waals surface area contributed by atoms with Crippen LogP contribution in [0, 0.1) is 0 Å². The Hall–Kier alpha value is -1.98. The van der Waals surface area contributed by atoms with Crippen molar-refractivity contribution in [3.8, 4) is 0 Å². The van der Waals surface area contributed by atoms with Crippen LogP contribution in [0.1, 0.15) is 11.7 Å². The summed E-state index contributed by atoms with van der Waals surface area (Å²) < 4.78 is 5.67. The molecule has 5 nitrogen and oxygen atoms in total. The maximum atomic E-state index is 5.67. The highest BCUT2D eigenvalue weighted by molar-refractivity contribution is 5.29. The molecule has 1 saturated heterocycles. The second-order valence-corrected chi connectivity index (χ2v) is 5.47. The topological polar surface area (TPSA) is 41.5 Å². The molecule has 2 heterocycles. The first-order valence-corrected chi connectivity index (χ1v) is 7.69. The Balaban J connectivity index is 1.55. The zero-order valence-corrected chi connectivity index (χ0v) is 12.9. The van der Waals surface area contributed by atoms with Crippen LogP contribution in [0.25, 0.3) is 0 Å². The van der Waals surface area contributed by atoms with Crippen molar-refractivity contribution in [3.63, 3.8) is 0 Å². The quantitative estimate of drug-likeness (QED) is 0.844. The summed E-state index contributed by atoms with van der Waals surface area (Å²) >= 11 is 0. The van der Waals surface area contributed by atoms with Crippen molar-refractivity contribution in [1.82, 2.24) is 14.9 Å². The third kappa shape index (κ3) is 3.61. The normalized spacial score (nSPS) is 17.4. The molecule has 5 heteroatoms. The number of hydrogen-bond acceptors (Lipinski definition) is 5. The van der Waals surface area contributed by atoms with E-state index < -0.39 is 0 Å². The van der Waals surface area contributed by atoms with Crippen molar-refractivity contribution in [2.45, 2.75) is 6.10 Å². The summed E-state index contributed by atoms with van der Waals surface area (Å²) in [6.45, 7) is 4.84. The number of nitrogens with zero attached hydrogens (tertiary/aromatic N) is 4. The minimum atomic E-state index is 0.126. The smallest absolute Gasteiger partial charge is 0.225 e. The van der Waals surface area contributed by atoms with Gasteiger partial charge in [0.05, 0.1) is 6.10 Å². The molecule has 0 spiro atoms. The van der Waals surface area contributed by atoms with E-state index in [9.17, 15) is 0 Å². The summed E-state index contributed by atoms with van der Waals surface area (Å²) in [5.41, 5.74) is 1.24. The fourth-order valence-electron chi connectivity index (χ4n) is 2.80. The number of aromatic nitrogens is 2. The molecule has 1 unspecified atom stereocenters. The molecule has 1 aromatic carbocycles. The van der Waals surface area contributed by atoms with E-state index in [2.05, 4.69) is 44.0 Å². The van der Waals surface area contributed by atoms with Crippen LogP contribution in [-0.2, 0) is 4.74 Å². The van der Waals surface area contributed by atoms with Gasteiger partial charge < -0.3 is 9.64 Å². The third-order valence-corrected chi connectivity index (χ3v) is 4.09. The highest BCUT2D eigenvalue weighted by Gasteiger charge is 2.22. The first-order valence-electron chi connectivity index (χ1n) is 7.69. The zero-order valence-electron chi connectivity index (χ0n) is 12.9. The minimum absolute atomic E-state index is 0.126. The summed E-state index contributed by atoms with van der Waals surface area (Å²) in [7, 11) is 1.78. The summed E-state index contributed by atoms with van der Waals surface area (Å²) in [6, 6.07) is 12.3. The molecule has 3 rings (SSSR count). The Kier molecular flexibility index (Phi) is 4.98. The van der Waals surface area contributed by atoms with Gasteiger partial charge in [-0.2, -0.15) is 0 Å². The molecule has 0 aliphatic carbocycles. The van der Waals surface area contributed by atoms with Gasteiger partial charge in [-0.15, -0.1) is 0 Å². The van der Waals surface area contributed by atoms with Crippen LogP contribution in [0.15, 0.2) is 48.8 Å². The Morgan fingerprint density at radius 1 is 1.00 bits per heavy atom. The predicted octanol–water partition coefficient (Wildman–Crippen LogP) is 1.99. The zero-order chi connectivity index (χ0) is 15.2. The van der Waals surface area contributed by atoms with Crippen LogP contribution in [0.2, 0.25) is 0 Å². The van der Waals surface area contributed by atoms with Crippen LogP contribution in [0.5, 0.6) is 0 Å². The lowest BCUT2D eigenvalue weighted by atomic mass is 10.1. The molecule has 0 N–H and O–H groups in total. The molecule has 0 amide bonds. The molecule has 1 atom stereocenters. The number of benzene rings is 1. The number of hydrogen-bond donors (Lipinski definition) is 0. The predicted molar refractivity (Wildman–Crippen MR) is 86.9 cm³/mol. The van der Waals surface area contributed by atoms with E-state index in [0.29, 0.717) is 0 Å². The average molecular weight is 298 g/mol. The molecule has 116 valence electrons. The Labute approximate surface area is 131 Å². The Morgan fingerprint density at radius 3 is 2.32 bits per heavy atom. The highest BCUT2D eigenvalue weighted by Crippen LogP contribution is 2.19. The Bertz CT molecular complexity index is 555. The van der Waals surface area contributed by atoms with Gasteiger partial charge in [0.1, 0.15) is 0 Å². The van der Waals surface area contributed by atoms with Crippen LogP contribution in [0.4, 0.5) is 5.95 Å². The molecule has 2 aromatic rings. The van der Waals surface area contributed by atoms with E-state index in [1.807, 2.05) is 12.1 Å². The highest BCUT2D eigenvalue weighted by atomic mass is 16.5. The van der Waals surface area contributed by atoms with E-state index in [0.717, 1.165) is 38.7 Å². The van der Waals surface area contributed by atoms with Gasteiger partial charge in [0.2, 0.25) is 5.95 Å². The number of ether oxygens (including phenoxy) is 1. The average Bonchev–Trinajstić information content (AvgIpc) is 2.62. The molecule has 0 radical (unpaired) electrons. The van der Waals surface area contributed by atoms with Gasteiger partial charge >= 0.3 is 0 Å². The maximum absolute atomic E-state index is 5.67. The number of anilines is 1. The van der Waals surface area contributed by atoms with E-state index in [-0.39, 0.29) is 6.10 Å². The van der Waals surface area contributed by atoms with Crippen LogP contribution >= 0.6 is 0 Å². The fraction of sp³-hybridized carbons (Fsp3) is 0.412. The van der Waals surface area contributed by atoms with Gasteiger partial charge in [0.25, 0.3) is 0 Å². The number of methoxy groups -OCH3 is 1. The monoisotopic (exact) mass is 298 g/mol. The van der Waals surface area contributed by atoms with Crippen LogP contribution < -0.4 is 4.90 Å². The van der Waals surface area contributed by atoms with Crippen molar-refractivity contribution in [2.24, 2.45) is 0 Å². The standard InChI is InChI=1S/C17H22N4O/c1-22-16(15-6-3-2-4-7-15)14-20-10-12-21(13-11-20)17-18-8-5-9-19-17/h2-9,16H,10-14H2,1H3. The molecule has 1 aromatic heterocycles. The molecule has 0 saturated carbocycles. The van der Waals surface area contributed by atoms with Gasteiger partial charge in [-0.1, -0.05) is 30.3 Å². The summed E-state index contributed by atoms with van der Waals surface area (Å²) in [6.07, 6.45) is 3.72. The van der Waals surface area contributed by atoms with Crippen molar-refractivity contribution < 1.29 is 4.74 Å². The van der Waals surface area contributed by atoms with E-state index in [1.54, 1.807) is 19.5 Å². The summed E-state index contributed by atoms with van der Waals surface area (Å²) in [4.78, 5) is 13.3. The van der Waals surface area contributed by atoms with Gasteiger partial charge in [-0.3, -0.25) is 4.90 Å². The second-order valence-electron chi connectivity index (χ2n) is 5.47. The van der Waals surface area contributed by atoms with E-state index in [1.165, 1.54) is 5.56 Å². The lowest BCUT2D eigenvalue weighted by molar-refractivity contribution is 0.0614. The lowest BCUT2D eigenvalue weighted by Crippen LogP contribution is -2.48. The van der Waals surface area contributed by atoms with Gasteiger partial charge in [-0.05, 0) is 11.6 Å². The fourth-order valence-corrected chi connectivity index (χ4v) is 2.80. The van der Waals surface area contributed by atoms with Crippen molar-refractivity contribution in [1.29, 1.82) is 0 Å².